The number of rotatable bonds is 6. The molecule has 1 atom stereocenters. The number of likely N-dealkylation sites (N-methyl/N-ethyl adjacent to an activating group) is 1. The van der Waals surface area contributed by atoms with E-state index < -0.39 is 10.0 Å². The summed E-state index contributed by atoms with van der Waals surface area (Å²) in [7, 11) is -1.54. The molecule has 2 heterocycles. The summed E-state index contributed by atoms with van der Waals surface area (Å²) in [4.78, 5) is 6.89. The number of piperazine rings is 1. The third-order valence-corrected chi connectivity index (χ3v) is 6.16. The van der Waals surface area contributed by atoms with E-state index in [4.69, 9.17) is 4.52 Å². The van der Waals surface area contributed by atoms with Gasteiger partial charge in [0.2, 0.25) is 15.9 Å². The summed E-state index contributed by atoms with van der Waals surface area (Å²) < 4.78 is 32.9. The van der Waals surface area contributed by atoms with Crippen LogP contribution in [-0.4, -0.2) is 56.7 Å². The van der Waals surface area contributed by atoms with E-state index in [1.54, 1.807) is 13.0 Å². The van der Waals surface area contributed by atoms with Crippen molar-refractivity contribution in [2.45, 2.75) is 31.2 Å². The topological polar surface area (TPSA) is 100 Å². The van der Waals surface area contributed by atoms with E-state index in [1.165, 1.54) is 0 Å². The van der Waals surface area contributed by atoms with Crippen molar-refractivity contribution in [3.63, 3.8) is 0 Å². The third-order valence-electron chi connectivity index (χ3n) is 4.56. The second-order valence-electron chi connectivity index (χ2n) is 6.66. The summed E-state index contributed by atoms with van der Waals surface area (Å²) in [6.45, 7) is 6.50. The van der Waals surface area contributed by atoms with Crippen molar-refractivity contribution in [1.82, 2.24) is 25.1 Å². The molecule has 1 fully saturated rings. The Morgan fingerprint density at radius 2 is 2.19 bits per heavy atom. The molecular formula is C17H25N5O3S. The summed E-state index contributed by atoms with van der Waals surface area (Å²) in [6.07, 6.45) is 0.348. The van der Waals surface area contributed by atoms with Crippen LogP contribution in [0.4, 0.5) is 0 Å². The van der Waals surface area contributed by atoms with Crippen molar-refractivity contribution in [2.24, 2.45) is 0 Å². The molecule has 9 heteroatoms. The van der Waals surface area contributed by atoms with E-state index in [-0.39, 0.29) is 12.6 Å². The first kappa shape index (κ1) is 19.0. The quantitative estimate of drug-likeness (QED) is 0.765. The Kier molecular flexibility index (Phi) is 5.71. The van der Waals surface area contributed by atoms with Crippen LogP contribution in [0, 0.1) is 13.8 Å². The monoisotopic (exact) mass is 379 g/mol. The zero-order valence-electron chi connectivity index (χ0n) is 15.3. The van der Waals surface area contributed by atoms with Gasteiger partial charge in [-0.3, -0.25) is 4.90 Å². The standard InChI is InChI=1S/C17H25N5O3S/c1-12-4-5-13(2)15(10-12)26(23,24)19-7-6-16-20-17(21-25-16)14-11-18-8-9-22(14)3/h4-5,10,14,18-19H,6-9,11H2,1-3H3. The van der Waals surface area contributed by atoms with E-state index >= 15 is 0 Å². The zero-order chi connectivity index (χ0) is 18.7. The van der Waals surface area contributed by atoms with Crippen LogP contribution in [0.5, 0.6) is 0 Å². The number of nitrogens with zero attached hydrogens (tertiary/aromatic N) is 3. The Hall–Kier alpha value is -1.81. The average molecular weight is 379 g/mol. The average Bonchev–Trinajstić information content (AvgIpc) is 3.06. The zero-order valence-corrected chi connectivity index (χ0v) is 16.1. The van der Waals surface area contributed by atoms with Crippen LogP contribution in [0.3, 0.4) is 0 Å². The molecule has 0 aliphatic carbocycles. The van der Waals surface area contributed by atoms with Gasteiger partial charge in [0.1, 0.15) is 0 Å². The van der Waals surface area contributed by atoms with Gasteiger partial charge in [-0.2, -0.15) is 4.98 Å². The van der Waals surface area contributed by atoms with Crippen molar-refractivity contribution in [1.29, 1.82) is 0 Å². The van der Waals surface area contributed by atoms with Gasteiger partial charge in [0.05, 0.1) is 10.9 Å². The first-order valence-electron chi connectivity index (χ1n) is 8.67. The summed E-state index contributed by atoms with van der Waals surface area (Å²) in [5.74, 6) is 1.06. The lowest BCUT2D eigenvalue weighted by atomic mass is 10.2. The highest BCUT2D eigenvalue weighted by molar-refractivity contribution is 7.89. The fourth-order valence-corrected chi connectivity index (χ4v) is 4.33. The Bertz CT molecular complexity index is 865. The van der Waals surface area contributed by atoms with Gasteiger partial charge in [-0.25, -0.2) is 13.1 Å². The Morgan fingerprint density at radius 3 is 2.96 bits per heavy atom. The molecule has 1 aromatic carbocycles. The molecule has 0 radical (unpaired) electrons. The van der Waals surface area contributed by atoms with E-state index in [0.717, 1.165) is 30.8 Å². The lowest BCUT2D eigenvalue weighted by molar-refractivity contribution is 0.190. The number of nitrogens with one attached hydrogen (secondary N) is 2. The number of hydrogen-bond donors (Lipinski definition) is 2. The van der Waals surface area contributed by atoms with Crippen molar-refractivity contribution >= 4 is 10.0 Å². The highest BCUT2D eigenvalue weighted by Crippen LogP contribution is 2.18. The second kappa shape index (κ2) is 7.83. The molecule has 8 nitrogen and oxygen atoms in total. The minimum Gasteiger partial charge on any atom is -0.339 e. The first-order valence-corrected chi connectivity index (χ1v) is 10.2. The summed E-state index contributed by atoms with van der Waals surface area (Å²) >= 11 is 0. The summed E-state index contributed by atoms with van der Waals surface area (Å²) in [5.41, 5.74) is 1.62. The molecule has 2 aromatic rings. The summed E-state index contributed by atoms with van der Waals surface area (Å²) in [5, 5.41) is 7.35. The van der Waals surface area contributed by atoms with Gasteiger partial charge in [0.25, 0.3) is 0 Å². The van der Waals surface area contributed by atoms with Gasteiger partial charge in [0, 0.05) is 32.6 Å². The Morgan fingerprint density at radius 1 is 1.38 bits per heavy atom. The van der Waals surface area contributed by atoms with Gasteiger partial charge in [0.15, 0.2) is 5.82 Å². The van der Waals surface area contributed by atoms with Crippen LogP contribution in [0.2, 0.25) is 0 Å². The predicted molar refractivity (Wildman–Crippen MR) is 97.3 cm³/mol. The molecule has 1 saturated heterocycles. The number of aryl methyl sites for hydroxylation is 2. The lowest BCUT2D eigenvalue weighted by Gasteiger charge is -2.30. The van der Waals surface area contributed by atoms with Crippen LogP contribution < -0.4 is 10.0 Å². The highest BCUT2D eigenvalue weighted by atomic mass is 32.2. The van der Waals surface area contributed by atoms with Crippen LogP contribution in [0.1, 0.15) is 28.9 Å². The van der Waals surface area contributed by atoms with E-state index in [9.17, 15) is 8.42 Å². The van der Waals surface area contributed by atoms with E-state index in [0.29, 0.717) is 23.0 Å². The number of sulfonamides is 1. The Labute approximate surface area is 154 Å². The van der Waals surface area contributed by atoms with Crippen molar-refractivity contribution in [3.8, 4) is 0 Å². The predicted octanol–water partition coefficient (Wildman–Crippen LogP) is 0.784. The SMILES string of the molecule is Cc1ccc(C)c(S(=O)(=O)NCCc2nc(C3CNCCN3C)no2)c1. The first-order chi connectivity index (χ1) is 12.4. The van der Waals surface area contributed by atoms with Gasteiger partial charge in [-0.1, -0.05) is 17.3 Å². The molecule has 1 aliphatic heterocycles. The largest absolute Gasteiger partial charge is 0.339 e. The van der Waals surface area contributed by atoms with Crippen molar-refractivity contribution in [3.05, 3.63) is 41.0 Å². The molecule has 142 valence electrons. The van der Waals surface area contributed by atoms with E-state index in [2.05, 4.69) is 25.1 Å². The molecule has 0 bridgehead atoms. The van der Waals surface area contributed by atoms with Crippen LogP contribution >= 0.6 is 0 Å². The molecule has 3 rings (SSSR count). The van der Waals surface area contributed by atoms with Crippen molar-refractivity contribution < 1.29 is 12.9 Å². The fourth-order valence-electron chi connectivity index (χ4n) is 2.97. The number of benzene rings is 1. The molecule has 2 N–H and O–H groups in total. The second-order valence-corrected chi connectivity index (χ2v) is 8.40. The molecule has 1 aromatic heterocycles. The smallest absolute Gasteiger partial charge is 0.240 e. The third kappa shape index (κ3) is 4.29. The minimum atomic E-state index is -3.56. The summed E-state index contributed by atoms with van der Waals surface area (Å²) in [6, 6.07) is 5.45. The van der Waals surface area contributed by atoms with Gasteiger partial charge in [-0.05, 0) is 38.1 Å². The van der Waals surface area contributed by atoms with Crippen LogP contribution in [0.15, 0.2) is 27.6 Å². The molecule has 26 heavy (non-hydrogen) atoms. The molecule has 0 amide bonds. The number of aromatic nitrogens is 2. The minimum absolute atomic E-state index is 0.0767. The highest BCUT2D eigenvalue weighted by Gasteiger charge is 2.25. The Balaban J connectivity index is 1.60. The van der Waals surface area contributed by atoms with Crippen LogP contribution in [0.25, 0.3) is 0 Å². The van der Waals surface area contributed by atoms with Crippen molar-refractivity contribution in [2.75, 3.05) is 33.2 Å². The normalized spacial score (nSPS) is 19.0. The van der Waals surface area contributed by atoms with Crippen LogP contribution in [-0.2, 0) is 16.4 Å². The maximum Gasteiger partial charge on any atom is 0.240 e. The molecule has 0 saturated carbocycles. The maximum absolute atomic E-state index is 12.5. The lowest BCUT2D eigenvalue weighted by Crippen LogP contribution is -2.44. The van der Waals surface area contributed by atoms with Gasteiger partial charge < -0.3 is 9.84 Å². The molecule has 1 unspecified atom stereocenters. The molecule has 0 spiro atoms. The van der Waals surface area contributed by atoms with Gasteiger partial charge >= 0.3 is 0 Å². The van der Waals surface area contributed by atoms with Gasteiger partial charge in [-0.15, -0.1) is 0 Å². The molecular weight excluding hydrogens is 354 g/mol. The molecule has 1 aliphatic rings. The fraction of sp³-hybridized carbons (Fsp3) is 0.529. The van der Waals surface area contributed by atoms with E-state index in [1.807, 2.05) is 26.1 Å². The maximum atomic E-state index is 12.5. The number of hydrogen-bond acceptors (Lipinski definition) is 7.